The number of nitrogens with two attached hydrogens (primary N) is 1. The second kappa shape index (κ2) is 4.62. The van der Waals surface area contributed by atoms with Gasteiger partial charge in [-0.15, -0.1) is 0 Å². The smallest absolute Gasteiger partial charge is 0.337 e. The molecule has 0 amide bonds. The van der Waals surface area contributed by atoms with Gasteiger partial charge in [0.05, 0.1) is 5.56 Å². The van der Waals surface area contributed by atoms with Crippen LogP contribution in [0.4, 0.5) is 5.69 Å². The molecule has 14 heavy (non-hydrogen) atoms. The number of hydrogen-bond donors (Lipinski definition) is 3. The van der Waals surface area contributed by atoms with Crippen LogP contribution in [0.15, 0.2) is 24.3 Å². The zero-order chi connectivity index (χ0) is 10.6. The van der Waals surface area contributed by atoms with Crippen LogP contribution in [0.3, 0.4) is 0 Å². The van der Waals surface area contributed by atoms with Gasteiger partial charge in [0.1, 0.15) is 0 Å². The van der Waals surface area contributed by atoms with Crippen molar-refractivity contribution in [1.29, 1.82) is 0 Å². The number of hydrogen-bond acceptors (Lipinski definition) is 3. The lowest BCUT2D eigenvalue weighted by atomic mass is 10.1. The normalized spacial score (nSPS) is 12.1. The van der Waals surface area contributed by atoms with Crippen molar-refractivity contribution in [1.82, 2.24) is 0 Å². The van der Waals surface area contributed by atoms with Crippen LogP contribution in [0.2, 0.25) is 0 Å². The van der Waals surface area contributed by atoms with Crippen molar-refractivity contribution in [2.75, 3.05) is 11.9 Å². The summed E-state index contributed by atoms with van der Waals surface area (Å²) in [5.74, 6) is -0.933. The highest BCUT2D eigenvalue weighted by molar-refractivity contribution is 5.94. The molecule has 0 fully saturated rings. The molecule has 4 heteroatoms. The monoisotopic (exact) mass is 194 g/mol. The molecular weight excluding hydrogens is 180 g/mol. The Labute approximate surface area is 82.7 Å². The summed E-state index contributed by atoms with van der Waals surface area (Å²) >= 11 is 0. The van der Waals surface area contributed by atoms with Crippen molar-refractivity contribution in [3.05, 3.63) is 29.8 Å². The molecule has 1 rings (SSSR count). The molecule has 1 unspecified atom stereocenters. The van der Waals surface area contributed by atoms with Gasteiger partial charge in [0.25, 0.3) is 0 Å². The second-order valence-electron chi connectivity index (χ2n) is 3.13. The van der Waals surface area contributed by atoms with E-state index in [2.05, 4.69) is 5.32 Å². The minimum atomic E-state index is -0.933. The summed E-state index contributed by atoms with van der Waals surface area (Å²) < 4.78 is 0. The Morgan fingerprint density at radius 1 is 1.57 bits per heavy atom. The summed E-state index contributed by atoms with van der Waals surface area (Å²) in [5, 5.41) is 11.9. The summed E-state index contributed by atoms with van der Waals surface area (Å²) in [5.41, 5.74) is 6.32. The number of carbonyl (C=O) groups is 1. The van der Waals surface area contributed by atoms with E-state index < -0.39 is 5.97 Å². The number of para-hydroxylation sites is 1. The predicted octanol–water partition coefficient (Wildman–Crippen LogP) is 1.14. The van der Waals surface area contributed by atoms with Crippen LogP contribution < -0.4 is 11.1 Å². The third-order valence-electron chi connectivity index (χ3n) is 1.91. The predicted molar refractivity (Wildman–Crippen MR) is 55.5 cm³/mol. The first kappa shape index (κ1) is 10.5. The zero-order valence-corrected chi connectivity index (χ0v) is 8.03. The van der Waals surface area contributed by atoms with Crippen LogP contribution in [0.1, 0.15) is 17.3 Å². The molecular formula is C10H14N2O2. The van der Waals surface area contributed by atoms with E-state index >= 15 is 0 Å². The van der Waals surface area contributed by atoms with Crippen LogP contribution in [0, 0.1) is 0 Å². The van der Waals surface area contributed by atoms with Gasteiger partial charge in [-0.05, 0) is 19.1 Å². The Morgan fingerprint density at radius 2 is 2.21 bits per heavy atom. The van der Waals surface area contributed by atoms with Gasteiger partial charge in [-0.1, -0.05) is 12.1 Å². The van der Waals surface area contributed by atoms with Gasteiger partial charge in [-0.3, -0.25) is 0 Å². The van der Waals surface area contributed by atoms with Crippen molar-refractivity contribution >= 4 is 11.7 Å². The SMILES string of the molecule is CC(CN)Nc1ccccc1C(=O)O. The molecule has 4 N–H and O–H groups in total. The molecule has 0 aliphatic heterocycles. The number of carboxylic acid groups (broad SMARTS) is 1. The summed E-state index contributed by atoms with van der Waals surface area (Å²) in [6.45, 7) is 2.37. The number of benzene rings is 1. The quantitative estimate of drug-likeness (QED) is 0.672. The molecule has 76 valence electrons. The highest BCUT2D eigenvalue weighted by atomic mass is 16.4. The molecule has 0 spiro atoms. The third kappa shape index (κ3) is 2.47. The Balaban J connectivity index is 2.90. The van der Waals surface area contributed by atoms with Crippen molar-refractivity contribution in [2.24, 2.45) is 5.73 Å². The first-order valence-electron chi connectivity index (χ1n) is 4.44. The first-order chi connectivity index (χ1) is 6.65. The highest BCUT2D eigenvalue weighted by Gasteiger charge is 2.09. The van der Waals surface area contributed by atoms with E-state index in [-0.39, 0.29) is 11.6 Å². The fourth-order valence-electron chi connectivity index (χ4n) is 1.12. The third-order valence-corrected chi connectivity index (χ3v) is 1.91. The fourth-order valence-corrected chi connectivity index (χ4v) is 1.12. The van der Waals surface area contributed by atoms with E-state index in [0.717, 1.165) is 0 Å². The molecule has 1 aromatic carbocycles. The van der Waals surface area contributed by atoms with Crippen molar-refractivity contribution in [3.8, 4) is 0 Å². The van der Waals surface area contributed by atoms with Crippen LogP contribution in [0.25, 0.3) is 0 Å². The van der Waals surface area contributed by atoms with Gasteiger partial charge >= 0.3 is 5.97 Å². The summed E-state index contributed by atoms with van der Waals surface area (Å²) in [4.78, 5) is 10.8. The average molecular weight is 194 g/mol. The molecule has 4 nitrogen and oxygen atoms in total. The minimum absolute atomic E-state index is 0.0653. The van der Waals surface area contributed by atoms with Crippen LogP contribution in [-0.4, -0.2) is 23.7 Å². The lowest BCUT2D eigenvalue weighted by molar-refractivity contribution is 0.0698. The van der Waals surface area contributed by atoms with Gasteiger partial charge in [-0.2, -0.15) is 0 Å². The van der Waals surface area contributed by atoms with Gasteiger partial charge in [0, 0.05) is 18.3 Å². The molecule has 0 heterocycles. The van der Waals surface area contributed by atoms with E-state index in [1.54, 1.807) is 24.3 Å². The molecule has 1 atom stereocenters. The van der Waals surface area contributed by atoms with Crippen LogP contribution in [0.5, 0.6) is 0 Å². The Kier molecular flexibility index (Phi) is 3.48. The van der Waals surface area contributed by atoms with Gasteiger partial charge in [0.15, 0.2) is 0 Å². The number of rotatable bonds is 4. The maximum absolute atomic E-state index is 10.8. The number of nitrogens with one attached hydrogen (secondary N) is 1. The molecule has 0 saturated heterocycles. The molecule has 0 saturated carbocycles. The summed E-state index contributed by atoms with van der Waals surface area (Å²) in [6, 6.07) is 6.85. The van der Waals surface area contributed by atoms with Gasteiger partial charge < -0.3 is 16.2 Å². The fraction of sp³-hybridized carbons (Fsp3) is 0.300. The summed E-state index contributed by atoms with van der Waals surface area (Å²) in [7, 11) is 0. The maximum atomic E-state index is 10.8. The lowest BCUT2D eigenvalue weighted by Crippen LogP contribution is -2.26. The van der Waals surface area contributed by atoms with E-state index in [1.807, 2.05) is 6.92 Å². The van der Waals surface area contributed by atoms with Crippen molar-refractivity contribution in [3.63, 3.8) is 0 Å². The van der Waals surface area contributed by atoms with Crippen molar-refractivity contribution < 1.29 is 9.90 Å². The Morgan fingerprint density at radius 3 is 2.79 bits per heavy atom. The molecule has 0 aromatic heterocycles. The Hall–Kier alpha value is -1.55. The van der Waals surface area contributed by atoms with Gasteiger partial charge in [0.2, 0.25) is 0 Å². The number of aromatic carboxylic acids is 1. The summed E-state index contributed by atoms with van der Waals surface area (Å²) in [6.07, 6.45) is 0. The Bertz CT molecular complexity index is 326. The second-order valence-corrected chi connectivity index (χ2v) is 3.13. The average Bonchev–Trinajstić information content (AvgIpc) is 2.18. The number of anilines is 1. The highest BCUT2D eigenvalue weighted by Crippen LogP contribution is 2.15. The minimum Gasteiger partial charge on any atom is -0.478 e. The maximum Gasteiger partial charge on any atom is 0.337 e. The largest absolute Gasteiger partial charge is 0.478 e. The topological polar surface area (TPSA) is 75.3 Å². The molecule has 0 aliphatic rings. The lowest BCUT2D eigenvalue weighted by Gasteiger charge is -2.14. The van der Waals surface area contributed by atoms with Gasteiger partial charge in [-0.25, -0.2) is 4.79 Å². The van der Waals surface area contributed by atoms with E-state index in [1.165, 1.54) is 0 Å². The standard InChI is InChI=1S/C10H14N2O2/c1-7(6-11)12-9-5-3-2-4-8(9)10(13)14/h2-5,7,12H,6,11H2,1H3,(H,13,14). The number of carboxylic acids is 1. The van der Waals surface area contributed by atoms with E-state index in [4.69, 9.17) is 10.8 Å². The molecule has 1 aromatic rings. The first-order valence-corrected chi connectivity index (χ1v) is 4.44. The van der Waals surface area contributed by atoms with E-state index in [0.29, 0.717) is 12.2 Å². The van der Waals surface area contributed by atoms with Crippen LogP contribution in [-0.2, 0) is 0 Å². The van der Waals surface area contributed by atoms with E-state index in [9.17, 15) is 4.79 Å². The van der Waals surface area contributed by atoms with Crippen molar-refractivity contribution in [2.45, 2.75) is 13.0 Å². The van der Waals surface area contributed by atoms with Crippen LogP contribution >= 0.6 is 0 Å². The molecule has 0 radical (unpaired) electrons. The zero-order valence-electron chi connectivity index (χ0n) is 8.03. The molecule has 0 bridgehead atoms. The molecule has 0 aliphatic carbocycles.